The Morgan fingerprint density at radius 2 is 1.58 bits per heavy atom. The van der Waals surface area contributed by atoms with Crippen molar-refractivity contribution in [1.29, 1.82) is 0 Å². The molecular formula is C43H64N2. The molecule has 0 bridgehead atoms. The molecule has 7 aliphatic carbocycles. The number of nitrogens with one attached hydrogen (secondary N) is 1. The van der Waals surface area contributed by atoms with E-state index in [0.717, 1.165) is 77.2 Å². The van der Waals surface area contributed by atoms with Crippen LogP contribution in [0.3, 0.4) is 0 Å². The summed E-state index contributed by atoms with van der Waals surface area (Å²) >= 11 is 0. The molecule has 5 fully saturated rings. The highest BCUT2D eigenvalue weighted by molar-refractivity contribution is 5.22. The van der Waals surface area contributed by atoms with Crippen LogP contribution in [0.5, 0.6) is 0 Å². The summed E-state index contributed by atoms with van der Waals surface area (Å²) in [6.45, 7) is 2.51. The summed E-state index contributed by atoms with van der Waals surface area (Å²) in [4.78, 5) is 3.15. The molecule has 0 aromatic rings. The summed E-state index contributed by atoms with van der Waals surface area (Å²) in [6, 6.07) is 1.65. The van der Waals surface area contributed by atoms with Crippen molar-refractivity contribution in [2.45, 2.75) is 141 Å². The van der Waals surface area contributed by atoms with E-state index in [2.05, 4.69) is 46.7 Å². The number of nitrogens with zero attached hydrogens (tertiary/aromatic N) is 1. The molecule has 1 N–H and O–H groups in total. The van der Waals surface area contributed by atoms with E-state index in [1.54, 1.807) is 12.1 Å². The van der Waals surface area contributed by atoms with Gasteiger partial charge in [-0.3, -0.25) is 0 Å². The van der Waals surface area contributed by atoms with Gasteiger partial charge in [0.25, 0.3) is 0 Å². The first kappa shape index (κ1) is 29.8. The van der Waals surface area contributed by atoms with Crippen LogP contribution in [0.25, 0.3) is 0 Å². The van der Waals surface area contributed by atoms with Crippen LogP contribution in [0.15, 0.2) is 47.7 Å². The minimum absolute atomic E-state index is 0.782. The van der Waals surface area contributed by atoms with Crippen LogP contribution in [0.2, 0.25) is 0 Å². The average Bonchev–Trinajstić information content (AvgIpc) is 3.46. The average molecular weight is 609 g/mol. The van der Waals surface area contributed by atoms with E-state index in [9.17, 15) is 0 Å². The summed E-state index contributed by atoms with van der Waals surface area (Å²) in [5.41, 5.74) is 3.73. The number of fused-ring (bicyclic) bond motifs is 6. The highest BCUT2D eigenvalue weighted by atomic mass is 15.3. The van der Waals surface area contributed by atoms with Crippen LogP contribution in [0, 0.1) is 65.1 Å². The van der Waals surface area contributed by atoms with Gasteiger partial charge in [-0.2, -0.15) is 0 Å². The SMILES string of the molecule is C1=CC2CC=CC(C3CC(C4CCCCC4)=CC(C4CC=C(N5C6CNCCC6[C@H]6CCC7CCCCC7C65)CC4)C3)C2CC1. The molecule has 0 amide bonds. The molecule has 2 heterocycles. The maximum atomic E-state index is 3.87. The second-order valence-corrected chi connectivity index (χ2v) is 17.8. The highest BCUT2D eigenvalue weighted by Gasteiger charge is 2.55. The van der Waals surface area contributed by atoms with E-state index < -0.39 is 0 Å². The lowest BCUT2D eigenvalue weighted by atomic mass is 9.60. The zero-order chi connectivity index (χ0) is 29.7. The van der Waals surface area contributed by atoms with E-state index >= 15 is 0 Å². The summed E-state index contributed by atoms with van der Waals surface area (Å²) in [6.07, 6.45) is 45.2. The third kappa shape index (κ3) is 5.57. The van der Waals surface area contributed by atoms with Gasteiger partial charge in [0.15, 0.2) is 0 Å². The Balaban J connectivity index is 0.967. The number of hydrogen-bond donors (Lipinski definition) is 1. The van der Waals surface area contributed by atoms with Crippen molar-refractivity contribution in [3.05, 3.63) is 47.7 Å². The summed E-state index contributed by atoms with van der Waals surface area (Å²) in [7, 11) is 0. The minimum Gasteiger partial charge on any atom is -0.367 e. The molecule has 0 aromatic heterocycles. The van der Waals surface area contributed by atoms with Crippen LogP contribution in [0.1, 0.15) is 128 Å². The number of allylic oxidation sites excluding steroid dienone is 8. The van der Waals surface area contributed by atoms with Crippen LogP contribution >= 0.6 is 0 Å². The third-order valence-corrected chi connectivity index (χ3v) is 15.8. The zero-order valence-corrected chi connectivity index (χ0v) is 28.5. The van der Waals surface area contributed by atoms with E-state index in [1.165, 1.54) is 135 Å². The molecule has 2 aliphatic heterocycles. The molecule has 0 spiro atoms. The number of likely N-dealkylation sites (tertiary alicyclic amines) is 1. The van der Waals surface area contributed by atoms with Gasteiger partial charge in [0.1, 0.15) is 0 Å². The molecule has 12 atom stereocenters. The number of piperidine rings is 1. The van der Waals surface area contributed by atoms with Gasteiger partial charge in [-0.05, 0) is 162 Å². The van der Waals surface area contributed by atoms with Gasteiger partial charge in [-0.1, -0.05) is 80.6 Å². The first-order valence-corrected chi connectivity index (χ1v) is 20.5. The third-order valence-electron chi connectivity index (χ3n) is 15.8. The molecule has 11 unspecified atom stereocenters. The second-order valence-electron chi connectivity index (χ2n) is 17.8. The predicted molar refractivity (Wildman–Crippen MR) is 187 cm³/mol. The zero-order valence-electron chi connectivity index (χ0n) is 28.5. The minimum atomic E-state index is 0.782. The van der Waals surface area contributed by atoms with E-state index in [-0.39, 0.29) is 0 Å². The Morgan fingerprint density at radius 3 is 2.49 bits per heavy atom. The van der Waals surface area contributed by atoms with Gasteiger partial charge in [0.2, 0.25) is 0 Å². The van der Waals surface area contributed by atoms with Gasteiger partial charge in [-0.15, -0.1) is 0 Å². The van der Waals surface area contributed by atoms with Crippen LogP contribution in [-0.2, 0) is 0 Å². The largest absolute Gasteiger partial charge is 0.367 e. The first-order chi connectivity index (χ1) is 22.3. The lowest BCUT2D eigenvalue weighted by molar-refractivity contribution is 0.0467. The maximum absolute atomic E-state index is 3.87. The monoisotopic (exact) mass is 609 g/mol. The van der Waals surface area contributed by atoms with Crippen molar-refractivity contribution < 1.29 is 0 Å². The molecule has 2 heteroatoms. The Bertz CT molecular complexity index is 1170. The number of hydrogen-bond acceptors (Lipinski definition) is 2. The van der Waals surface area contributed by atoms with Crippen LogP contribution < -0.4 is 5.32 Å². The summed E-state index contributed by atoms with van der Waals surface area (Å²) in [5, 5.41) is 3.87. The quantitative estimate of drug-likeness (QED) is 0.320. The fraction of sp³-hybridized carbons (Fsp3) is 0.814. The highest BCUT2D eigenvalue weighted by Crippen LogP contribution is 2.56. The molecule has 246 valence electrons. The maximum Gasteiger partial charge on any atom is 0.0446 e. The van der Waals surface area contributed by atoms with Gasteiger partial charge >= 0.3 is 0 Å². The molecule has 3 saturated carbocycles. The number of rotatable bonds is 4. The topological polar surface area (TPSA) is 15.3 Å². The smallest absolute Gasteiger partial charge is 0.0446 e. The Morgan fingerprint density at radius 1 is 0.667 bits per heavy atom. The lowest BCUT2D eigenvalue weighted by Gasteiger charge is -2.49. The Labute approximate surface area is 276 Å². The van der Waals surface area contributed by atoms with E-state index in [0.29, 0.717) is 0 Å². The van der Waals surface area contributed by atoms with Gasteiger partial charge in [0.05, 0.1) is 0 Å². The van der Waals surface area contributed by atoms with Crippen molar-refractivity contribution in [1.82, 2.24) is 10.2 Å². The predicted octanol–water partition coefficient (Wildman–Crippen LogP) is 10.2. The Hall–Kier alpha value is -1.28. The van der Waals surface area contributed by atoms with Crippen molar-refractivity contribution in [2.24, 2.45) is 65.1 Å². The fourth-order valence-electron chi connectivity index (χ4n) is 13.8. The van der Waals surface area contributed by atoms with Crippen molar-refractivity contribution in [3.8, 4) is 0 Å². The molecule has 2 saturated heterocycles. The van der Waals surface area contributed by atoms with Gasteiger partial charge in [-0.25, -0.2) is 0 Å². The Kier molecular flexibility index (Phi) is 8.60. The normalized spacial score (nSPS) is 46.8. The molecule has 2 nitrogen and oxygen atoms in total. The lowest BCUT2D eigenvalue weighted by Crippen LogP contribution is -2.50. The van der Waals surface area contributed by atoms with Crippen LogP contribution in [0.4, 0.5) is 0 Å². The van der Waals surface area contributed by atoms with E-state index in [4.69, 9.17) is 0 Å². The second kappa shape index (κ2) is 13.0. The summed E-state index contributed by atoms with van der Waals surface area (Å²) in [5.74, 6) is 10.00. The van der Waals surface area contributed by atoms with Crippen LogP contribution in [-0.4, -0.2) is 30.1 Å². The standard InChI is InChI=1S/C43H64N2/c1-2-9-29(10-3-1)33-25-34(27-35(26-33)38-16-8-13-31-11-4-6-14-37(31)38)30-17-20-36(21-18-30)45-42-28-44-24-23-40(42)41-22-19-32-12-5-7-15-39(32)43(41)45/h4,8,11,16,20,25,29-32,34-35,37-44H,1-3,5-7,9-10,12-15,17-19,21-24,26-28H2/t30?,31?,32?,34?,35?,37?,38?,39?,40?,41-,42?,43?/m1/s1. The van der Waals surface area contributed by atoms with Gasteiger partial charge in [0, 0.05) is 24.3 Å². The molecule has 0 radical (unpaired) electrons. The van der Waals surface area contributed by atoms with E-state index in [1.807, 2.05) is 5.57 Å². The summed E-state index contributed by atoms with van der Waals surface area (Å²) < 4.78 is 0. The first-order valence-electron chi connectivity index (χ1n) is 20.5. The molecule has 9 rings (SSSR count). The van der Waals surface area contributed by atoms with Crippen molar-refractivity contribution in [2.75, 3.05) is 13.1 Å². The molecule has 45 heavy (non-hydrogen) atoms. The molecular weight excluding hydrogens is 544 g/mol. The van der Waals surface area contributed by atoms with Crippen molar-refractivity contribution >= 4 is 0 Å². The fourth-order valence-corrected chi connectivity index (χ4v) is 13.8. The van der Waals surface area contributed by atoms with Gasteiger partial charge < -0.3 is 10.2 Å². The molecule has 0 aromatic carbocycles. The van der Waals surface area contributed by atoms with Crippen molar-refractivity contribution in [3.63, 3.8) is 0 Å². The molecule has 9 aliphatic rings.